The second kappa shape index (κ2) is 2.88. The summed E-state index contributed by atoms with van der Waals surface area (Å²) in [5.74, 6) is 0.753. The van der Waals surface area contributed by atoms with Gasteiger partial charge in [-0.2, -0.15) is 0 Å². The first-order valence-corrected chi connectivity index (χ1v) is 4.99. The molecule has 0 aromatic carbocycles. The van der Waals surface area contributed by atoms with Gasteiger partial charge < -0.3 is 4.74 Å². The molecule has 12 heavy (non-hydrogen) atoms. The zero-order valence-corrected chi connectivity index (χ0v) is 8.10. The van der Waals surface area contributed by atoms with E-state index in [9.17, 15) is 0 Å². The minimum Gasteiger partial charge on any atom is -0.380 e. The lowest BCUT2D eigenvalue weighted by Gasteiger charge is -2.44. The van der Waals surface area contributed by atoms with E-state index in [1.165, 1.54) is 19.3 Å². The fourth-order valence-corrected chi connectivity index (χ4v) is 2.14. The average molecular weight is 166 g/mol. The van der Waals surface area contributed by atoms with Crippen LogP contribution in [-0.4, -0.2) is 13.2 Å². The van der Waals surface area contributed by atoms with Crippen LogP contribution >= 0.6 is 0 Å². The highest BCUT2D eigenvalue weighted by Gasteiger charge is 2.39. The third-order valence-corrected chi connectivity index (χ3v) is 3.30. The molecule has 1 aliphatic carbocycles. The van der Waals surface area contributed by atoms with E-state index in [2.05, 4.69) is 19.9 Å². The van der Waals surface area contributed by atoms with E-state index in [1.54, 1.807) is 5.57 Å². The number of allylic oxidation sites excluding steroid dienone is 2. The van der Waals surface area contributed by atoms with Gasteiger partial charge in [-0.1, -0.05) is 25.5 Å². The maximum Gasteiger partial charge on any atom is 0.0547 e. The molecule has 1 saturated heterocycles. The molecule has 0 amide bonds. The summed E-state index contributed by atoms with van der Waals surface area (Å²) in [6.07, 6.45) is 6.38. The molecule has 0 aromatic heterocycles. The summed E-state index contributed by atoms with van der Waals surface area (Å²) in [7, 11) is 0. The predicted octanol–water partition coefficient (Wildman–Crippen LogP) is 2.77. The molecule has 2 rings (SSSR count). The monoisotopic (exact) mass is 166 g/mol. The molecule has 1 fully saturated rings. The van der Waals surface area contributed by atoms with Gasteiger partial charge in [-0.3, -0.25) is 0 Å². The number of hydrogen-bond donors (Lipinski definition) is 0. The van der Waals surface area contributed by atoms with Gasteiger partial charge in [0.05, 0.1) is 13.2 Å². The van der Waals surface area contributed by atoms with Gasteiger partial charge in [0, 0.05) is 5.41 Å². The molecule has 0 unspecified atom stereocenters. The largest absolute Gasteiger partial charge is 0.380 e. The first kappa shape index (κ1) is 8.31. The van der Waals surface area contributed by atoms with Crippen LogP contribution in [0.2, 0.25) is 0 Å². The molecule has 1 spiro atoms. The number of hydrogen-bond acceptors (Lipinski definition) is 1. The van der Waals surface area contributed by atoms with Crippen molar-refractivity contribution in [2.24, 2.45) is 11.3 Å². The molecule has 1 nitrogen and oxygen atoms in total. The van der Waals surface area contributed by atoms with E-state index in [4.69, 9.17) is 4.74 Å². The summed E-state index contributed by atoms with van der Waals surface area (Å²) in [6, 6.07) is 0. The zero-order chi connectivity index (χ0) is 8.60. The minimum absolute atomic E-state index is 0.568. The molecule has 0 aromatic rings. The quantitative estimate of drug-likeness (QED) is 0.544. The van der Waals surface area contributed by atoms with E-state index in [-0.39, 0.29) is 0 Å². The van der Waals surface area contributed by atoms with Crippen LogP contribution in [0.25, 0.3) is 0 Å². The van der Waals surface area contributed by atoms with Crippen LogP contribution in [0.4, 0.5) is 0 Å². The van der Waals surface area contributed by atoms with Gasteiger partial charge in [0.25, 0.3) is 0 Å². The minimum atomic E-state index is 0.568. The summed E-state index contributed by atoms with van der Waals surface area (Å²) in [6.45, 7) is 6.60. The van der Waals surface area contributed by atoms with Crippen molar-refractivity contribution in [1.29, 1.82) is 0 Å². The Hall–Kier alpha value is -0.300. The molecule has 68 valence electrons. The van der Waals surface area contributed by atoms with Gasteiger partial charge in [-0.05, 0) is 25.2 Å². The Kier molecular flexibility index (Phi) is 1.99. The summed E-state index contributed by atoms with van der Waals surface area (Å²) in [5.41, 5.74) is 2.23. The van der Waals surface area contributed by atoms with Gasteiger partial charge in [0.2, 0.25) is 0 Å². The second-order valence-electron chi connectivity index (χ2n) is 4.63. The Bertz CT molecular complexity index is 199. The fraction of sp³-hybridized carbons (Fsp3) is 0.818. The van der Waals surface area contributed by atoms with Crippen molar-refractivity contribution in [1.82, 2.24) is 0 Å². The summed E-state index contributed by atoms with van der Waals surface area (Å²) in [4.78, 5) is 0. The Morgan fingerprint density at radius 2 is 2.17 bits per heavy atom. The van der Waals surface area contributed by atoms with Gasteiger partial charge in [0.15, 0.2) is 0 Å². The van der Waals surface area contributed by atoms with Crippen molar-refractivity contribution in [3.05, 3.63) is 11.6 Å². The molecule has 1 aliphatic heterocycles. The third kappa shape index (κ3) is 1.31. The third-order valence-electron chi connectivity index (χ3n) is 3.30. The standard InChI is InChI=1S/C11H18O/c1-9(2)10-3-5-11(6-4-10)7-12-8-11/h3,9H,4-8H2,1-2H3. The molecule has 2 aliphatic rings. The second-order valence-corrected chi connectivity index (χ2v) is 4.63. The molecule has 0 atom stereocenters. The van der Waals surface area contributed by atoms with Crippen LogP contribution < -0.4 is 0 Å². The Balaban J connectivity index is 1.99. The van der Waals surface area contributed by atoms with Crippen LogP contribution in [-0.2, 0) is 4.74 Å². The van der Waals surface area contributed by atoms with Crippen molar-refractivity contribution in [2.75, 3.05) is 13.2 Å². The molecular formula is C11H18O. The molecule has 0 radical (unpaired) electrons. The van der Waals surface area contributed by atoms with Crippen molar-refractivity contribution >= 4 is 0 Å². The molecule has 1 heterocycles. The van der Waals surface area contributed by atoms with Crippen LogP contribution in [0, 0.1) is 11.3 Å². The van der Waals surface area contributed by atoms with Gasteiger partial charge >= 0.3 is 0 Å². The van der Waals surface area contributed by atoms with E-state index in [0.717, 1.165) is 19.1 Å². The smallest absolute Gasteiger partial charge is 0.0547 e. The maximum absolute atomic E-state index is 5.28. The molecule has 1 heteroatoms. The first-order valence-electron chi connectivity index (χ1n) is 4.99. The normalized spacial score (nSPS) is 27.1. The highest BCUT2D eigenvalue weighted by molar-refractivity contribution is 5.13. The summed E-state index contributed by atoms with van der Waals surface area (Å²) in [5, 5.41) is 0. The van der Waals surface area contributed by atoms with Crippen molar-refractivity contribution in [3.8, 4) is 0 Å². The van der Waals surface area contributed by atoms with Gasteiger partial charge in [-0.15, -0.1) is 0 Å². The summed E-state index contributed by atoms with van der Waals surface area (Å²) >= 11 is 0. The fourth-order valence-electron chi connectivity index (χ4n) is 2.14. The van der Waals surface area contributed by atoms with Crippen molar-refractivity contribution in [2.45, 2.75) is 33.1 Å². The van der Waals surface area contributed by atoms with E-state index >= 15 is 0 Å². The lowest BCUT2D eigenvalue weighted by Crippen LogP contribution is -2.43. The Morgan fingerprint density at radius 3 is 2.50 bits per heavy atom. The predicted molar refractivity (Wildman–Crippen MR) is 50.0 cm³/mol. The van der Waals surface area contributed by atoms with Crippen LogP contribution in [0.1, 0.15) is 33.1 Å². The molecule has 0 bridgehead atoms. The zero-order valence-electron chi connectivity index (χ0n) is 8.10. The topological polar surface area (TPSA) is 9.23 Å². The summed E-state index contributed by atoms with van der Waals surface area (Å²) < 4.78 is 5.28. The Labute approximate surface area is 74.8 Å². The lowest BCUT2D eigenvalue weighted by molar-refractivity contribution is -0.117. The van der Waals surface area contributed by atoms with Crippen LogP contribution in [0.3, 0.4) is 0 Å². The van der Waals surface area contributed by atoms with Crippen LogP contribution in [0.5, 0.6) is 0 Å². The lowest BCUT2D eigenvalue weighted by atomic mass is 9.72. The highest BCUT2D eigenvalue weighted by atomic mass is 16.5. The Morgan fingerprint density at radius 1 is 1.42 bits per heavy atom. The highest BCUT2D eigenvalue weighted by Crippen LogP contribution is 2.42. The van der Waals surface area contributed by atoms with E-state index in [1.807, 2.05) is 0 Å². The number of ether oxygens (including phenoxy) is 1. The molecule has 0 N–H and O–H groups in total. The van der Waals surface area contributed by atoms with Gasteiger partial charge in [0.1, 0.15) is 0 Å². The number of rotatable bonds is 1. The van der Waals surface area contributed by atoms with E-state index < -0.39 is 0 Å². The van der Waals surface area contributed by atoms with Crippen molar-refractivity contribution in [3.63, 3.8) is 0 Å². The van der Waals surface area contributed by atoms with Crippen molar-refractivity contribution < 1.29 is 4.74 Å². The molecular weight excluding hydrogens is 148 g/mol. The van der Waals surface area contributed by atoms with Gasteiger partial charge in [-0.25, -0.2) is 0 Å². The first-order chi connectivity index (χ1) is 5.72. The average Bonchev–Trinajstić information content (AvgIpc) is 2.02. The van der Waals surface area contributed by atoms with E-state index in [0.29, 0.717) is 5.41 Å². The SMILES string of the molecule is CC(C)C1=CCC2(CC1)COC2. The van der Waals surface area contributed by atoms with Crippen LogP contribution in [0.15, 0.2) is 11.6 Å². The maximum atomic E-state index is 5.28. The molecule has 0 saturated carbocycles.